The highest BCUT2D eigenvalue weighted by molar-refractivity contribution is 5.91. The number of aliphatic hydroxyl groups is 1. The van der Waals surface area contributed by atoms with Crippen molar-refractivity contribution in [3.63, 3.8) is 0 Å². The van der Waals surface area contributed by atoms with E-state index in [1.807, 2.05) is 27.0 Å². The summed E-state index contributed by atoms with van der Waals surface area (Å²) in [6, 6.07) is 4.97. The van der Waals surface area contributed by atoms with E-state index >= 15 is 0 Å². The molecule has 0 spiro atoms. The molecule has 9 heteroatoms. The van der Waals surface area contributed by atoms with Gasteiger partial charge in [0.2, 0.25) is 11.8 Å². The van der Waals surface area contributed by atoms with Gasteiger partial charge >= 0.3 is 0 Å². The highest BCUT2D eigenvalue weighted by Crippen LogP contribution is 2.51. The Kier molecular flexibility index (Phi) is 6.21. The lowest BCUT2D eigenvalue weighted by Gasteiger charge is -2.38. The number of nitrogens with zero attached hydrogens (tertiary/aromatic N) is 4. The van der Waals surface area contributed by atoms with Gasteiger partial charge in [0.25, 0.3) is 0 Å². The van der Waals surface area contributed by atoms with Gasteiger partial charge in [-0.3, -0.25) is 9.59 Å². The highest BCUT2D eigenvalue weighted by Gasteiger charge is 2.57. The van der Waals surface area contributed by atoms with Crippen LogP contribution < -0.4 is 5.32 Å². The van der Waals surface area contributed by atoms with Gasteiger partial charge in [0.05, 0.1) is 11.8 Å². The molecule has 8 nitrogen and oxygen atoms in total. The summed E-state index contributed by atoms with van der Waals surface area (Å²) in [5.74, 6) is -0.384. The quantitative estimate of drug-likeness (QED) is 0.593. The monoisotopic (exact) mass is 511 g/mol. The van der Waals surface area contributed by atoms with Crippen molar-refractivity contribution in [2.75, 3.05) is 6.54 Å². The maximum Gasteiger partial charge on any atom is 0.248 e. The van der Waals surface area contributed by atoms with Crippen molar-refractivity contribution in [2.24, 2.45) is 5.41 Å². The Bertz CT molecular complexity index is 1180. The van der Waals surface area contributed by atoms with Crippen LogP contribution in [0.1, 0.15) is 89.9 Å². The molecule has 0 radical (unpaired) electrons. The van der Waals surface area contributed by atoms with Crippen LogP contribution in [0.2, 0.25) is 0 Å². The van der Waals surface area contributed by atoms with E-state index in [1.165, 1.54) is 17.0 Å². The van der Waals surface area contributed by atoms with Crippen molar-refractivity contribution in [3.05, 3.63) is 47.5 Å². The summed E-state index contributed by atoms with van der Waals surface area (Å²) in [5.41, 5.74) is 0.435. The molecule has 5 rings (SSSR count). The predicted octanol–water partition coefficient (Wildman–Crippen LogP) is 3.47. The number of hydrogen-bond acceptors (Lipinski definition) is 5. The lowest BCUT2D eigenvalue weighted by molar-refractivity contribution is -0.144. The summed E-state index contributed by atoms with van der Waals surface area (Å²) in [5, 5.41) is 22.4. The first-order chi connectivity index (χ1) is 17.3. The summed E-state index contributed by atoms with van der Waals surface area (Å²) < 4.78 is 15.2. The van der Waals surface area contributed by atoms with E-state index in [-0.39, 0.29) is 30.6 Å². The van der Waals surface area contributed by atoms with E-state index in [2.05, 4.69) is 29.5 Å². The Morgan fingerprint density at radius 1 is 1.14 bits per heavy atom. The molecule has 2 N–H and O–H groups in total. The van der Waals surface area contributed by atoms with Crippen LogP contribution in [0, 0.1) is 11.2 Å². The first kappa shape index (κ1) is 25.8. The fraction of sp³-hybridized carbons (Fsp3) is 0.643. The number of nitrogens with one attached hydrogen (secondary N) is 1. The van der Waals surface area contributed by atoms with Gasteiger partial charge in [0.15, 0.2) is 0 Å². The van der Waals surface area contributed by atoms with E-state index < -0.39 is 34.6 Å². The van der Waals surface area contributed by atoms with Gasteiger partial charge in [-0.1, -0.05) is 52.0 Å². The zero-order valence-electron chi connectivity index (χ0n) is 22.4. The zero-order valence-corrected chi connectivity index (χ0v) is 22.4. The number of β-amino-alcohol motifs (C(OH)–C–C–N with tert-alkyl or cyclic N) is 1. The second kappa shape index (κ2) is 8.89. The van der Waals surface area contributed by atoms with E-state index in [0.717, 1.165) is 36.9 Å². The summed E-state index contributed by atoms with van der Waals surface area (Å²) in [7, 11) is 0. The van der Waals surface area contributed by atoms with Crippen molar-refractivity contribution >= 4 is 11.8 Å². The number of halogens is 1. The Morgan fingerprint density at radius 2 is 1.78 bits per heavy atom. The number of carbonyl (C=O) groups excluding carboxylic acids is 2. The summed E-state index contributed by atoms with van der Waals surface area (Å²) in [6.07, 6.45) is 5.02. The van der Waals surface area contributed by atoms with Crippen molar-refractivity contribution in [2.45, 2.75) is 102 Å². The van der Waals surface area contributed by atoms with Crippen LogP contribution in [0.25, 0.3) is 0 Å². The van der Waals surface area contributed by atoms with Crippen LogP contribution in [-0.2, 0) is 15.0 Å². The fourth-order valence-electron chi connectivity index (χ4n) is 5.82. The van der Waals surface area contributed by atoms with Gasteiger partial charge in [-0.15, -0.1) is 5.10 Å². The number of amides is 2. The second-order valence-electron chi connectivity index (χ2n) is 12.8. The molecule has 3 atom stereocenters. The van der Waals surface area contributed by atoms with Crippen molar-refractivity contribution in [1.82, 2.24) is 25.2 Å². The van der Waals surface area contributed by atoms with Crippen molar-refractivity contribution in [1.29, 1.82) is 0 Å². The molecule has 1 aliphatic heterocycles. The van der Waals surface area contributed by atoms with Gasteiger partial charge in [0.1, 0.15) is 17.9 Å². The standard InChI is InChI=1S/C28H38FN5O3/c1-26(2,3)23(34-16-21(31-32-34)17-6-7-17)25(37)33-15-20(35)14-22(33)24(36)30-28(12-13-28)27(4,5)18-8-10-19(29)11-9-18/h8-11,16-17,20,22-23,35H,6-7,12-15H2,1-5H3,(H,30,36)/t20?,22?,23-/m1/s1. The maximum atomic E-state index is 14.0. The molecule has 3 fully saturated rings. The maximum absolute atomic E-state index is 14.0. The molecular formula is C28H38FN5O3. The number of aromatic nitrogens is 3. The predicted molar refractivity (Wildman–Crippen MR) is 136 cm³/mol. The van der Waals surface area contributed by atoms with Crippen LogP contribution in [0.15, 0.2) is 30.5 Å². The van der Waals surface area contributed by atoms with Gasteiger partial charge in [-0.05, 0) is 48.8 Å². The number of rotatable bonds is 7. The lowest BCUT2D eigenvalue weighted by atomic mass is 9.75. The lowest BCUT2D eigenvalue weighted by Crippen LogP contribution is -2.56. The van der Waals surface area contributed by atoms with Gasteiger partial charge in [-0.25, -0.2) is 9.07 Å². The molecular weight excluding hydrogens is 473 g/mol. The molecule has 1 saturated heterocycles. The number of benzene rings is 1. The van der Waals surface area contributed by atoms with E-state index in [0.29, 0.717) is 5.92 Å². The molecule has 2 unspecified atom stereocenters. The Hall–Kier alpha value is -2.81. The van der Waals surface area contributed by atoms with Crippen molar-refractivity contribution < 1.29 is 19.1 Å². The number of likely N-dealkylation sites (tertiary alicyclic amines) is 1. The molecule has 2 amide bonds. The van der Waals surface area contributed by atoms with Gasteiger partial charge in [-0.2, -0.15) is 0 Å². The molecule has 2 aromatic rings. The topological polar surface area (TPSA) is 100 Å². The van der Waals surface area contributed by atoms with E-state index in [4.69, 9.17) is 0 Å². The van der Waals surface area contributed by atoms with E-state index in [1.54, 1.807) is 16.8 Å². The first-order valence-electron chi connectivity index (χ1n) is 13.3. The molecule has 2 heterocycles. The SMILES string of the molecule is CC(C)(C)[C@@H](C(=O)N1CC(O)CC1C(=O)NC1(C(C)(C)c2ccc(F)cc2)CC1)n1cc(C2CC2)nn1. The third-order valence-electron chi connectivity index (χ3n) is 8.58. The summed E-state index contributed by atoms with van der Waals surface area (Å²) in [6.45, 7) is 10.1. The Balaban J connectivity index is 1.37. The van der Waals surface area contributed by atoms with Crippen LogP contribution in [0.5, 0.6) is 0 Å². The number of hydrogen-bond donors (Lipinski definition) is 2. The second-order valence-corrected chi connectivity index (χ2v) is 12.8. The Morgan fingerprint density at radius 3 is 2.35 bits per heavy atom. The van der Waals surface area contributed by atoms with E-state index in [9.17, 15) is 19.1 Å². The summed E-state index contributed by atoms with van der Waals surface area (Å²) >= 11 is 0. The molecule has 2 aliphatic carbocycles. The molecule has 3 aliphatic rings. The molecule has 2 saturated carbocycles. The Labute approximate surface area is 217 Å². The summed E-state index contributed by atoms with van der Waals surface area (Å²) in [4.78, 5) is 29.2. The third kappa shape index (κ3) is 4.78. The average molecular weight is 512 g/mol. The third-order valence-corrected chi connectivity index (χ3v) is 8.58. The molecule has 1 aromatic heterocycles. The zero-order chi connectivity index (χ0) is 26.8. The number of carbonyl (C=O) groups is 2. The fourth-order valence-corrected chi connectivity index (χ4v) is 5.82. The molecule has 37 heavy (non-hydrogen) atoms. The van der Waals surface area contributed by atoms with Crippen LogP contribution in [-0.4, -0.2) is 61.0 Å². The minimum absolute atomic E-state index is 0.0992. The molecule has 200 valence electrons. The normalized spacial score (nSPS) is 24.1. The van der Waals surface area contributed by atoms with Crippen LogP contribution in [0.4, 0.5) is 4.39 Å². The van der Waals surface area contributed by atoms with Gasteiger partial charge in [0, 0.05) is 36.0 Å². The van der Waals surface area contributed by atoms with Crippen molar-refractivity contribution in [3.8, 4) is 0 Å². The number of aliphatic hydroxyl groups excluding tert-OH is 1. The first-order valence-corrected chi connectivity index (χ1v) is 13.3. The minimum Gasteiger partial charge on any atom is -0.391 e. The van der Waals surface area contributed by atoms with Crippen LogP contribution >= 0.6 is 0 Å². The minimum atomic E-state index is -0.779. The largest absolute Gasteiger partial charge is 0.391 e. The van der Waals surface area contributed by atoms with Crippen LogP contribution in [0.3, 0.4) is 0 Å². The highest BCUT2D eigenvalue weighted by atomic mass is 19.1. The van der Waals surface area contributed by atoms with Gasteiger partial charge < -0.3 is 15.3 Å². The molecule has 1 aromatic carbocycles. The smallest absolute Gasteiger partial charge is 0.248 e. The average Bonchev–Trinajstić information content (AvgIpc) is 3.73. The molecule has 0 bridgehead atoms.